The van der Waals surface area contributed by atoms with E-state index in [-0.39, 0.29) is 0 Å². The van der Waals surface area contributed by atoms with Gasteiger partial charge in [-0.15, -0.1) is 0 Å². The molecule has 0 aromatic heterocycles. The van der Waals surface area contributed by atoms with Crippen molar-refractivity contribution in [3.63, 3.8) is 0 Å². The summed E-state index contributed by atoms with van der Waals surface area (Å²) in [5, 5.41) is 3.27. The fraction of sp³-hybridized carbons (Fsp3) is 0. The zero-order valence-electron chi connectivity index (χ0n) is 5.20. The van der Waals surface area contributed by atoms with Crippen molar-refractivity contribution in [3.05, 3.63) is 12.7 Å². The van der Waals surface area contributed by atoms with Gasteiger partial charge in [0.1, 0.15) is 0 Å². The maximum atomic E-state index is 10.3. The average molecular weight is 141 g/mol. The van der Waals surface area contributed by atoms with Crippen LogP contribution in [0.1, 0.15) is 0 Å². The number of amides is 2. The van der Waals surface area contributed by atoms with Crippen LogP contribution in [-0.2, 0) is 9.59 Å². The summed E-state index contributed by atoms with van der Waals surface area (Å²) in [7, 11) is 0. The van der Waals surface area contributed by atoms with Crippen LogP contribution < -0.4 is 11.2 Å². The number of rotatable bonds is 2. The number of hydrazone groups is 1. The van der Waals surface area contributed by atoms with E-state index in [2.05, 4.69) is 17.4 Å². The van der Waals surface area contributed by atoms with Gasteiger partial charge in [0.25, 0.3) is 0 Å². The highest BCUT2D eigenvalue weighted by molar-refractivity contribution is 6.34. The van der Waals surface area contributed by atoms with E-state index >= 15 is 0 Å². The van der Waals surface area contributed by atoms with E-state index in [9.17, 15) is 9.59 Å². The number of nitrogens with one attached hydrogen (secondary N) is 1. The molecule has 0 aromatic carbocycles. The van der Waals surface area contributed by atoms with Crippen molar-refractivity contribution in [1.82, 2.24) is 5.43 Å². The van der Waals surface area contributed by atoms with E-state index < -0.39 is 11.8 Å². The lowest BCUT2D eigenvalue weighted by Gasteiger charge is -1.89. The van der Waals surface area contributed by atoms with Gasteiger partial charge in [-0.25, -0.2) is 5.43 Å². The summed E-state index contributed by atoms with van der Waals surface area (Å²) in [5.74, 6) is -2.01. The van der Waals surface area contributed by atoms with Crippen molar-refractivity contribution in [2.45, 2.75) is 0 Å². The molecule has 10 heavy (non-hydrogen) atoms. The fourth-order valence-corrected chi connectivity index (χ4v) is 0.204. The summed E-state index contributed by atoms with van der Waals surface area (Å²) in [5.41, 5.74) is 6.44. The first-order valence-electron chi connectivity index (χ1n) is 2.42. The van der Waals surface area contributed by atoms with E-state index in [1.54, 1.807) is 0 Å². The smallest absolute Gasteiger partial charge is 0.329 e. The first-order chi connectivity index (χ1) is 4.68. The molecule has 0 aliphatic rings. The van der Waals surface area contributed by atoms with Crippen molar-refractivity contribution in [1.29, 1.82) is 0 Å². The first-order valence-corrected chi connectivity index (χ1v) is 2.42. The van der Waals surface area contributed by atoms with Crippen LogP contribution in [0.2, 0.25) is 0 Å². The van der Waals surface area contributed by atoms with Crippen LogP contribution in [0.25, 0.3) is 0 Å². The van der Waals surface area contributed by atoms with Gasteiger partial charge < -0.3 is 5.73 Å². The first kappa shape index (κ1) is 8.35. The Labute approximate surface area is 57.6 Å². The fourth-order valence-electron chi connectivity index (χ4n) is 0.204. The Bertz CT molecular complexity index is 185. The molecule has 0 rings (SSSR count). The van der Waals surface area contributed by atoms with E-state index in [0.29, 0.717) is 0 Å². The average Bonchev–Trinajstić information content (AvgIpc) is 1.88. The molecule has 5 nitrogen and oxygen atoms in total. The van der Waals surface area contributed by atoms with Crippen molar-refractivity contribution >= 4 is 18.0 Å². The lowest BCUT2D eigenvalue weighted by atomic mass is 10.6. The van der Waals surface area contributed by atoms with Gasteiger partial charge in [0, 0.05) is 6.21 Å². The summed E-state index contributed by atoms with van der Waals surface area (Å²) in [4.78, 5) is 20.3. The maximum absolute atomic E-state index is 10.3. The molecule has 0 fully saturated rings. The molecule has 54 valence electrons. The summed E-state index contributed by atoms with van der Waals surface area (Å²) in [6, 6.07) is 0. The monoisotopic (exact) mass is 141 g/mol. The highest BCUT2D eigenvalue weighted by atomic mass is 16.2. The summed E-state index contributed by atoms with van der Waals surface area (Å²) < 4.78 is 0. The maximum Gasteiger partial charge on any atom is 0.329 e. The Morgan fingerprint density at radius 2 is 2.20 bits per heavy atom. The molecule has 0 atom stereocenters. The molecule has 5 heteroatoms. The molecule has 0 unspecified atom stereocenters. The molecule has 0 spiro atoms. The third-order valence-electron chi connectivity index (χ3n) is 0.570. The topological polar surface area (TPSA) is 84.6 Å². The number of nitrogens with zero attached hydrogens (tertiary/aromatic N) is 1. The Hall–Kier alpha value is -1.65. The molecule has 0 aliphatic heterocycles. The second-order valence-electron chi connectivity index (χ2n) is 1.32. The van der Waals surface area contributed by atoms with Crippen LogP contribution in [0, 0.1) is 0 Å². The molecule has 3 N–H and O–H groups in total. The lowest BCUT2D eigenvalue weighted by Crippen LogP contribution is -2.32. The molecule has 0 saturated heterocycles. The number of carbonyl (C=O) groups is 2. The second-order valence-corrected chi connectivity index (χ2v) is 1.32. The predicted octanol–water partition coefficient (Wildman–Crippen LogP) is -1.24. The van der Waals surface area contributed by atoms with Crippen molar-refractivity contribution in [2.24, 2.45) is 10.8 Å². The summed E-state index contributed by atoms with van der Waals surface area (Å²) in [6.45, 7) is 3.29. The molecule has 0 aromatic rings. The van der Waals surface area contributed by atoms with Gasteiger partial charge >= 0.3 is 11.8 Å². The van der Waals surface area contributed by atoms with Crippen LogP contribution in [0.3, 0.4) is 0 Å². The molecular weight excluding hydrogens is 134 g/mol. The summed E-state index contributed by atoms with van der Waals surface area (Å²) >= 11 is 0. The minimum atomic E-state index is -1.07. The number of nitrogens with two attached hydrogens (primary N) is 1. The Balaban J connectivity index is 3.70. The number of carbonyl (C=O) groups excluding carboxylic acids is 2. The highest BCUT2D eigenvalue weighted by Crippen LogP contribution is 1.62. The van der Waals surface area contributed by atoms with Gasteiger partial charge in [0.2, 0.25) is 0 Å². The molecule has 2 amide bonds. The Morgan fingerprint density at radius 3 is 2.60 bits per heavy atom. The zero-order chi connectivity index (χ0) is 7.98. The Kier molecular flexibility index (Phi) is 3.55. The van der Waals surface area contributed by atoms with E-state index in [1.807, 2.05) is 5.43 Å². The molecule has 0 heterocycles. The summed E-state index contributed by atoms with van der Waals surface area (Å²) in [6.07, 6.45) is 2.57. The third-order valence-corrected chi connectivity index (χ3v) is 0.570. The van der Waals surface area contributed by atoms with Gasteiger partial charge in [-0.3, -0.25) is 9.59 Å². The second kappa shape index (κ2) is 4.25. The van der Waals surface area contributed by atoms with Crippen molar-refractivity contribution < 1.29 is 9.59 Å². The number of hydrogen-bond acceptors (Lipinski definition) is 3. The molecular formula is C5H7N3O2. The van der Waals surface area contributed by atoms with Crippen molar-refractivity contribution in [2.75, 3.05) is 0 Å². The van der Waals surface area contributed by atoms with Crippen molar-refractivity contribution in [3.8, 4) is 0 Å². The number of allylic oxidation sites excluding steroid dienone is 1. The largest absolute Gasteiger partial charge is 0.361 e. The quantitative estimate of drug-likeness (QED) is 0.286. The third kappa shape index (κ3) is 3.36. The van der Waals surface area contributed by atoms with E-state index in [0.717, 1.165) is 0 Å². The normalized spacial score (nSPS) is 9.20. The zero-order valence-corrected chi connectivity index (χ0v) is 5.20. The van der Waals surface area contributed by atoms with Crippen LogP contribution in [0.5, 0.6) is 0 Å². The standard InChI is InChI=1S/C5H7N3O2/c1-2-3-7-8-5(10)4(6)9/h2-3H,1H2,(H2,6,9)(H,8,10)/b7-3-. The number of primary amides is 1. The minimum absolute atomic E-state index is 0.946. The molecule has 0 saturated carbocycles. The number of hydrogen-bond donors (Lipinski definition) is 2. The van der Waals surface area contributed by atoms with Crippen LogP contribution in [0.4, 0.5) is 0 Å². The van der Waals surface area contributed by atoms with Crippen LogP contribution >= 0.6 is 0 Å². The van der Waals surface area contributed by atoms with Crippen LogP contribution in [-0.4, -0.2) is 18.0 Å². The predicted molar refractivity (Wildman–Crippen MR) is 36.0 cm³/mol. The SMILES string of the molecule is C=C/C=N\NC(=O)C(N)=O. The molecule has 0 radical (unpaired) electrons. The minimum Gasteiger partial charge on any atom is -0.361 e. The van der Waals surface area contributed by atoms with Gasteiger partial charge in [-0.2, -0.15) is 5.10 Å². The Morgan fingerprint density at radius 1 is 1.60 bits per heavy atom. The van der Waals surface area contributed by atoms with Gasteiger partial charge in [0.15, 0.2) is 0 Å². The van der Waals surface area contributed by atoms with E-state index in [4.69, 9.17) is 0 Å². The van der Waals surface area contributed by atoms with Gasteiger partial charge in [0.05, 0.1) is 0 Å². The van der Waals surface area contributed by atoms with Gasteiger partial charge in [-0.05, 0) is 6.08 Å². The molecule has 0 bridgehead atoms. The molecule has 0 aliphatic carbocycles. The highest BCUT2D eigenvalue weighted by Gasteiger charge is 2.04. The van der Waals surface area contributed by atoms with E-state index in [1.165, 1.54) is 12.3 Å². The van der Waals surface area contributed by atoms with Crippen LogP contribution in [0.15, 0.2) is 17.8 Å². The lowest BCUT2D eigenvalue weighted by molar-refractivity contribution is -0.137. The van der Waals surface area contributed by atoms with Gasteiger partial charge in [-0.1, -0.05) is 6.58 Å².